The minimum atomic E-state index is -1.13. The number of phenols is 1. The predicted molar refractivity (Wildman–Crippen MR) is 75.2 cm³/mol. The third-order valence-corrected chi connectivity index (χ3v) is 2.96. The van der Waals surface area contributed by atoms with E-state index >= 15 is 0 Å². The highest BCUT2D eigenvalue weighted by atomic mass is 16.4. The predicted octanol–water partition coefficient (Wildman–Crippen LogP) is 3.57. The Bertz CT molecular complexity index is 628. The van der Waals surface area contributed by atoms with Crippen LogP contribution in [0.15, 0.2) is 42.5 Å². The first-order valence-corrected chi connectivity index (χ1v) is 5.88. The van der Waals surface area contributed by atoms with Crippen LogP contribution in [-0.2, 0) is 0 Å². The van der Waals surface area contributed by atoms with E-state index in [4.69, 9.17) is 5.11 Å². The maximum atomic E-state index is 10.9. The Kier molecular flexibility index (Phi) is 3.66. The third kappa shape index (κ3) is 2.83. The molecule has 0 radical (unpaired) electrons. The minimum absolute atomic E-state index is 0.0747. The van der Waals surface area contributed by atoms with Crippen molar-refractivity contribution in [3.05, 3.63) is 64.7 Å². The van der Waals surface area contributed by atoms with E-state index in [0.29, 0.717) is 5.56 Å². The van der Waals surface area contributed by atoms with Gasteiger partial charge in [-0.3, -0.25) is 0 Å². The normalized spacial score (nSPS) is 10.8. The lowest BCUT2D eigenvalue weighted by molar-refractivity contribution is 0.0693. The summed E-state index contributed by atoms with van der Waals surface area (Å²) in [6, 6.07) is 12.9. The van der Waals surface area contributed by atoms with Gasteiger partial charge in [0.25, 0.3) is 0 Å². The molecular weight excluding hydrogens is 240 g/mol. The molecule has 0 aliphatic rings. The molecule has 2 N–H and O–H groups in total. The molecular formula is C16H14O3. The van der Waals surface area contributed by atoms with Gasteiger partial charge in [-0.15, -0.1) is 0 Å². The average molecular weight is 254 g/mol. The number of aromatic hydroxyl groups is 1. The Morgan fingerprint density at radius 3 is 2.37 bits per heavy atom. The zero-order valence-electron chi connectivity index (χ0n) is 10.5. The molecule has 0 atom stereocenters. The zero-order chi connectivity index (χ0) is 13.8. The SMILES string of the molecule is Cc1c(C=Cc2ccccc2)ccc(C(=O)O)c1O. The summed E-state index contributed by atoms with van der Waals surface area (Å²) >= 11 is 0. The Morgan fingerprint density at radius 1 is 1.05 bits per heavy atom. The summed E-state index contributed by atoms with van der Waals surface area (Å²) in [6.45, 7) is 1.70. The second-order valence-electron chi connectivity index (χ2n) is 4.23. The number of aromatic carboxylic acids is 1. The van der Waals surface area contributed by atoms with Crippen molar-refractivity contribution >= 4 is 18.1 Å². The second-order valence-corrected chi connectivity index (χ2v) is 4.23. The van der Waals surface area contributed by atoms with Crippen molar-refractivity contribution in [3.8, 4) is 5.75 Å². The van der Waals surface area contributed by atoms with Crippen molar-refractivity contribution in [2.45, 2.75) is 6.92 Å². The van der Waals surface area contributed by atoms with Crippen molar-refractivity contribution in [1.29, 1.82) is 0 Å². The van der Waals surface area contributed by atoms with Gasteiger partial charge in [-0.2, -0.15) is 0 Å². The van der Waals surface area contributed by atoms with Crippen molar-refractivity contribution in [2.75, 3.05) is 0 Å². The van der Waals surface area contributed by atoms with Gasteiger partial charge < -0.3 is 10.2 Å². The molecule has 2 aromatic rings. The molecule has 0 aromatic heterocycles. The van der Waals surface area contributed by atoms with Gasteiger partial charge in [-0.05, 0) is 29.7 Å². The molecule has 96 valence electrons. The van der Waals surface area contributed by atoms with Crippen LogP contribution in [0.2, 0.25) is 0 Å². The fourth-order valence-corrected chi connectivity index (χ4v) is 1.82. The largest absolute Gasteiger partial charge is 0.507 e. The second kappa shape index (κ2) is 5.40. The highest BCUT2D eigenvalue weighted by Crippen LogP contribution is 2.26. The number of hydrogen-bond acceptors (Lipinski definition) is 2. The summed E-state index contributed by atoms with van der Waals surface area (Å²) in [7, 11) is 0. The summed E-state index contributed by atoms with van der Waals surface area (Å²) < 4.78 is 0. The van der Waals surface area contributed by atoms with Crippen LogP contribution in [0.5, 0.6) is 5.75 Å². The lowest BCUT2D eigenvalue weighted by Gasteiger charge is -2.06. The first kappa shape index (κ1) is 12.9. The third-order valence-electron chi connectivity index (χ3n) is 2.96. The van der Waals surface area contributed by atoms with Gasteiger partial charge in [0.2, 0.25) is 0 Å². The van der Waals surface area contributed by atoms with Crippen LogP contribution in [0, 0.1) is 6.92 Å². The molecule has 0 heterocycles. The van der Waals surface area contributed by atoms with Crippen LogP contribution < -0.4 is 0 Å². The van der Waals surface area contributed by atoms with E-state index in [9.17, 15) is 9.90 Å². The van der Waals surface area contributed by atoms with Gasteiger partial charge in [-0.1, -0.05) is 48.6 Å². The van der Waals surface area contributed by atoms with Gasteiger partial charge in [0, 0.05) is 0 Å². The van der Waals surface area contributed by atoms with E-state index in [2.05, 4.69) is 0 Å². The van der Waals surface area contributed by atoms with Crippen LogP contribution in [0.4, 0.5) is 0 Å². The van der Waals surface area contributed by atoms with Crippen LogP contribution in [0.3, 0.4) is 0 Å². The van der Waals surface area contributed by atoms with Gasteiger partial charge >= 0.3 is 5.97 Å². The smallest absolute Gasteiger partial charge is 0.339 e. The number of rotatable bonds is 3. The van der Waals surface area contributed by atoms with Gasteiger partial charge in [0.1, 0.15) is 11.3 Å². The molecule has 19 heavy (non-hydrogen) atoms. The van der Waals surface area contributed by atoms with Gasteiger partial charge in [-0.25, -0.2) is 4.79 Å². The van der Waals surface area contributed by atoms with Crippen LogP contribution in [-0.4, -0.2) is 16.2 Å². The molecule has 0 spiro atoms. The standard InChI is InChI=1S/C16H14O3/c1-11-13(8-7-12-5-3-2-4-6-12)9-10-14(15(11)17)16(18)19/h2-10,17H,1H3,(H,18,19). The van der Waals surface area contributed by atoms with E-state index in [0.717, 1.165) is 11.1 Å². The molecule has 0 amide bonds. The minimum Gasteiger partial charge on any atom is -0.507 e. The van der Waals surface area contributed by atoms with Gasteiger partial charge in [0.05, 0.1) is 0 Å². The highest BCUT2D eigenvalue weighted by molar-refractivity contribution is 5.92. The first-order valence-electron chi connectivity index (χ1n) is 5.88. The molecule has 2 aromatic carbocycles. The Morgan fingerprint density at radius 2 is 1.74 bits per heavy atom. The summed E-state index contributed by atoms with van der Waals surface area (Å²) in [5.74, 6) is -1.30. The van der Waals surface area contributed by atoms with Crippen molar-refractivity contribution in [3.63, 3.8) is 0 Å². The molecule has 0 unspecified atom stereocenters. The summed E-state index contributed by atoms with van der Waals surface area (Å²) in [4.78, 5) is 10.9. The lowest BCUT2D eigenvalue weighted by Crippen LogP contribution is -1.98. The molecule has 0 saturated heterocycles. The van der Waals surface area contributed by atoms with Crippen molar-refractivity contribution in [2.24, 2.45) is 0 Å². The summed E-state index contributed by atoms with van der Waals surface area (Å²) in [5.41, 5.74) is 2.33. The number of carboxylic acids is 1. The average Bonchev–Trinajstić information content (AvgIpc) is 2.41. The first-order chi connectivity index (χ1) is 9.09. The number of hydrogen-bond donors (Lipinski definition) is 2. The Balaban J connectivity index is 2.35. The molecule has 0 saturated carbocycles. The highest BCUT2D eigenvalue weighted by Gasteiger charge is 2.12. The maximum absolute atomic E-state index is 10.9. The molecule has 0 fully saturated rings. The number of carbonyl (C=O) groups is 1. The quantitative estimate of drug-likeness (QED) is 0.823. The van der Waals surface area contributed by atoms with Crippen LogP contribution in [0.25, 0.3) is 12.2 Å². The van der Waals surface area contributed by atoms with E-state index in [1.165, 1.54) is 6.07 Å². The molecule has 0 aliphatic heterocycles. The molecule has 3 heteroatoms. The van der Waals surface area contributed by atoms with E-state index in [1.807, 2.05) is 42.5 Å². The maximum Gasteiger partial charge on any atom is 0.339 e. The number of benzene rings is 2. The van der Waals surface area contributed by atoms with E-state index in [1.54, 1.807) is 13.0 Å². The van der Waals surface area contributed by atoms with Gasteiger partial charge in [0.15, 0.2) is 0 Å². The van der Waals surface area contributed by atoms with Crippen molar-refractivity contribution in [1.82, 2.24) is 0 Å². The lowest BCUT2D eigenvalue weighted by atomic mass is 10.0. The summed E-state index contributed by atoms with van der Waals surface area (Å²) in [6.07, 6.45) is 3.78. The fourth-order valence-electron chi connectivity index (χ4n) is 1.82. The van der Waals surface area contributed by atoms with E-state index in [-0.39, 0.29) is 11.3 Å². The Hall–Kier alpha value is -2.55. The zero-order valence-corrected chi connectivity index (χ0v) is 10.5. The summed E-state index contributed by atoms with van der Waals surface area (Å²) in [5, 5.41) is 18.7. The number of carboxylic acid groups (broad SMARTS) is 1. The topological polar surface area (TPSA) is 57.5 Å². The van der Waals surface area contributed by atoms with Crippen LogP contribution in [0.1, 0.15) is 27.0 Å². The fraction of sp³-hybridized carbons (Fsp3) is 0.0625. The molecule has 2 rings (SSSR count). The monoisotopic (exact) mass is 254 g/mol. The Labute approximate surface area is 111 Å². The van der Waals surface area contributed by atoms with Crippen LogP contribution >= 0.6 is 0 Å². The molecule has 3 nitrogen and oxygen atoms in total. The van der Waals surface area contributed by atoms with Crippen molar-refractivity contribution < 1.29 is 15.0 Å². The van der Waals surface area contributed by atoms with E-state index < -0.39 is 5.97 Å². The molecule has 0 aliphatic carbocycles. The molecule has 0 bridgehead atoms.